The molecule has 1 saturated heterocycles. The molecular weight excluding hydrogens is 332 g/mol. The molecule has 0 bridgehead atoms. The summed E-state index contributed by atoms with van der Waals surface area (Å²) in [4.78, 5) is 38.1. The fraction of sp³-hybridized carbons (Fsp3) is 0.263. The van der Waals surface area contributed by atoms with Gasteiger partial charge in [-0.2, -0.15) is 5.26 Å². The molecule has 26 heavy (non-hydrogen) atoms. The van der Waals surface area contributed by atoms with Crippen molar-refractivity contribution in [3.8, 4) is 6.07 Å². The van der Waals surface area contributed by atoms with Crippen LogP contribution in [-0.4, -0.2) is 35.8 Å². The van der Waals surface area contributed by atoms with Crippen LogP contribution in [0.15, 0.2) is 42.5 Å². The highest BCUT2D eigenvalue weighted by molar-refractivity contribution is 6.10. The van der Waals surface area contributed by atoms with Crippen LogP contribution in [0, 0.1) is 11.3 Å². The van der Waals surface area contributed by atoms with Gasteiger partial charge in [0.15, 0.2) is 0 Å². The number of imide groups is 1. The molecule has 2 N–H and O–H groups in total. The summed E-state index contributed by atoms with van der Waals surface area (Å²) in [5.74, 6) is -0.958. The van der Waals surface area contributed by atoms with E-state index >= 15 is 0 Å². The van der Waals surface area contributed by atoms with Crippen molar-refractivity contribution < 1.29 is 14.4 Å². The smallest absolute Gasteiger partial charge is 0.325 e. The zero-order chi connectivity index (χ0) is 18.7. The number of carbonyl (C=O) groups is 3. The lowest BCUT2D eigenvalue weighted by Gasteiger charge is -2.24. The minimum Gasteiger partial charge on any atom is -0.354 e. The van der Waals surface area contributed by atoms with Crippen LogP contribution in [0.3, 0.4) is 0 Å². The molecule has 0 spiro atoms. The Bertz CT molecular complexity index is 929. The third kappa shape index (κ3) is 2.97. The van der Waals surface area contributed by atoms with E-state index in [9.17, 15) is 14.4 Å². The molecule has 0 saturated carbocycles. The van der Waals surface area contributed by atoms with Crippen molar-refractivity contribution in [1.82, 2.24) is 15.5 Å². The van der Waals surface area contributed by atoms with E-state index in [1.165, 1.54) is 0 Å². The Kier molecular flexibility index (Phi) is 4.59. The molecule has 4 amide bonds. The standard InChI is InChI=1S/C19H18N4O3/c1-19(15-9-4-7-13-6-2-3-8-14(13)15)17(25)23(18(26)22-19)12-16(24)21-11-5-10-20/h2-4,6-9H,5,11-12H2,1H3,(H,21,24)(H,22,26)/t19-/m1/s1. The van der Waals surface area contributed by atoms with Crippen LogP contribution in [-0.2, 0) is 15.1 Å². The van der Waals surface area contributed by atoms with Gasteiger partial charge in [0.2, 0.25) is 5.91 Å². The van der Waals surface area contributed by atoms with E-state index in [1.807, 2.05) is 42.5 Å². The summed E-state index contributed by atoms with van der Waals surface area (Å²) in [5.41, 5.74) is -0.563. The lowest BCUT2D eigenvalue weighted by Crippen LogP contribution is -2.43. The first-order valence-corrected chi connectivity index (χ1v) is 8.23. The number of nitrogens with zero attached hydrogens (tertiary/aromatic N) is 2. The zero-order valence-corrected chi connectivity index (χ0v) is 14.3. The van der Waals surface area contributed by atoms with E-state index in [0.717, 1.165) is 15.7 Å². The molecule has 1 atom stereocenters. The molecule has 0 aromatic heterocycles. The minimum atomic E-state index is -1.25. The molecule has 3 rings (SSSR count). The highest BCUT2D eigenvalue weighted by atomic mass is 16.2. The quantitative estimate of drug-likeness (QED) is 0.632. The average molecular weight is 350 g/mol. The molecule has 0 aliphatic carbocycles. The van der Waals surface area contributed by atoms with Crippen molar-refractivity contribution in [2.24, 2.45) is 0 Å². The number of carbonyl (C=O) groups excluding carboxylic acids is 3. The number of nitrogens with one attached hydrogen (secondary N) is 2. The van der Waals surface area contributed by atoms with Crippen molar-refractivity contribution in [3.63, 3.8) is 0 Å². The summed E-state index contributed by atoms with van der Waals surface area (Å²) in [5, 5.41) is 15.6. The van der Waals surface area contributed by atoms with E-state index < -0.39 is 23.4 Å². The van der Waals surface area contributed by atoms with Crippen LogP contribution < -0.4 is 10.6 Å². The number of fused-ring (bicyclic) bond motifs is 1. The molecule has 132 valence electrons. The topological polar surface area (TPSA) is 102 Å². The van der Waals surface area contributed by atoms with Gasteiger partial charge in [-0.3, -0.25) is 14.5 Å². The zero-order valence-electron chi connectivity index (χ0n) is 14.3. The highest BCUT2D eigenvalue weighted by Gasteiger charge is 2.50. The van der Waals surface area contributed by atoms with Crippen molar-refractivity contribution in [2.75, 3.05) is 13.1 Å². The van der Waals surface area contributed by atoms with E-state index in [1.54, 1.807) is 13.0 Å². The number of amides is 4. The fourth-order valence-corrected chi connectivity index (χ4v) is 3.14. The van der Waals surface area contributed by atoms with Gasteiger partial charge in [0.05, 0.1) is 12.5 Å². The number of nitriles is 1. The summed E-state index contributed by atoms with van der Waals surface area (Å²) >= 11 is 0. The predicted molar refractivity (Wildman–Crippen MR) is 94.8 cm³/mol. The van der Waals surface area contributed by atoms with Crippen LogP contribution in [0.25, 0.3) is 10.8 Å². The van der Waals surface area contributed by atoms with Gasteiger partial charge in [0, 0.05) is 6.54 Å². The van der Waals surface area contributed by atoms with E-state index in [2.05, 4.69) is 10.6 Å². The number of hydrogen-bond acceptors (Lipinski definition) is 4. The van der Waals surface area contributed by atoms with Crippen molar-refractivity contribution in [3.05, 3.63) is 48.0 Å². The summed E-state index contributed by atoms with van der Waals surface area (Å²) in [6, 6.07) is 14.5. The van der Waals surface area contributed by atoms with Gasteiger partial charge in [-0.25, -0.2) is 4.79 Å². The van der Waals surface area contributed by atoms with Crippen LogP contribution in [0.1, 0.15) is 18.9 Å². The van der Waals surface area contributed by atoms with Crippen molar-refractivity contribution in [1.29, 1.82) is 5.26 Å². The maximum atomic E-state index is 13.0. The first-order chi connectivity index (χ1) is 12.5. The second kappa shape index (κ2) is 6.84. The third-order valence-corrected chi connectivity index (χ3v) is 4.46. The first kappa shape index (κ1) is 17.4. The normalized spacial score (nSPS) is 19.3. The molecule has 1 aliphatic rings. The maximum Gasteiger partial charge on any atom is 0.325 e. The number of benzene rings is 2. The van der Waals surface area contributed by atoms with Gasteiger partial charge in [0.25, 0.3) is 5.91 Å². The van der Waals surface area contributed by atoms with Gasteiger partial charge >= 0.3 is 6.03 Å². The number of hydrogen-bond donors (Lipinski definition) is 2. The highest BCUT2D eigenvalue weighted by Crippen LogP contribution is 2.33. The SMILES string of the molecule is C[C@]1(c2cccc3ccccc23)NC(=O)N(CC(=O)NCCC#N)C1=O. The van der Waals surface area contributed by atoms with E-state index in [-0.39, 0.29) is 19.5 Å². The first-order valence-electron chi connectivity index (χ1n) is 8.23. The molecular formula is C19H18N4O3. The van der Waals surface area contributed by atoms with Crippen LogP contribution in [0.5, 0.6) is 0 Å². The third-order valence-electron chi connectivity index (χ3n) is 4.46. The Balaban J connectivity index is 1.87. The Morgan fingerprint density at radius 3 is 2.73 bits per heavy atom. The van der Waals surface area contributed by atoms with Crippen LogP contribution >= 0.6 is 0 Å². The van der Waals surface area contributed by atoms with Crippen molar-refractivity contribution >= 4 is 28.6 Å². The molecule has 1 heterocycles. The Morgan fingerprint density at radius 2 is 1.96 bits per heavy atom. The molecule has 2 aromatic carbocycles. The second-order valence-corrected chi connectivity index (χ2v) is 6.23. The predicted octanol–water partition coefficient (Wildman–Crippen LogP) is 1.64. The van der Waals surface area contributed by atoms with Gasteiger partial charge < -0.3 is 10.6 Å². The fourth-order valence-electron chi connectivity index (χ4n) is 3.14. The average Bonchev–Trinajstić information content (AvgIpc) is 2.85. The van der Waals surface area contributed by atoms with Crippen LogP contribution in [0.4, 0.5) is 4.79 Å². The van der Waals surface area contributed by atoms with Gasteiger partial charge in [0.1, 0.15) is 12.1 Å². The summed E-state index contributed by atoms with van der Waals surface area (Å²) < 4.78 is 0. The lowest BCUT2D eigenvalue weighted by molar-refractivity contribution is -0.134. The van der Waals surface area contributed by atoms with E-state index in [4.69, 9.17) is 5.26 Å². The van der Waals surface area contributed by atoms with Gasteiger partial charge in [-0.15, -0.1) is 0 Å². The Labute approximate surface area is 150 Å². The number of urea groups is 1. The second-order valence-electron chi connectivity index (χ2n) is 6.23. The Hall–Kier alpha value is -3.40. The summed E-state index contributed by atoms with van der Waals surface area (Å²) in [6.07, 6.45) is 0.166. The molecule has 1 aliphatic heterocycles. The monoisotopic (exact) mass is 350 g/mol. The molecule has 7 nitrogen and oxygen atoms in total. The molecule has 7 heteroatoms. The molecule has 0 unspecified atom stereocenters. The number of rotatable bonds is 5. The van der Waals surface area contributed by atoms with Crippen LogP contribution in [0.2, 0.25) is 0 Å². The summed E-state index contributed by atoms with van der Waals surface area (Å²) in [7, 11) is 0. The van der Waals surface area contributed by atoms with Crippen molar-refractivity contribution in [2.45, 2.75) is 18.9 Å². The summed E-state index contributed by atoms with van der Waals surface area (Å²) in [6.45, 7) is 1.44. The lowest BCUT2D eigenvalue weighted by atomic mass is 9.88. The van der Waals surface area contributed by atoms with Gasteiger partial charge in [-0.05, 0) is 23.3 Å². The molecule has 0 radical (unpaired) electrons. The Morgan fingerprint density at radius 1 is 1.23 bits per heavy atom. The maximum absolute atomic E-state index is 13.0. The minimum absolute atomic E-state index is 0.166. The van der Waals surface area contributed by atoms with Gasteiger partial charge in [-0.1, -0.05) is 42.5 Å². The largest absolute Gasteiger partial charge is 0.354 e. The molecule has 1 fully saturated rings. The van der Waals surface area contributed by atoms with E-state index in [0.29, 0.717) is 5.56 Å². The molecule has 2 aromatic rings.